The van der Waals surface area contributed by atoms with Gasteiger partial charge in [0.05, 0.1) is 11.3 Å². The maximum atomic E-state index is 11.9. The van der Waals surface area contributed by atoms with Crippen molar-refractivity contribution in [2.24, 2.45) is 0 Å². The minimum Gasteiger partial charge on any atom is -0.872 e. The second-order valence-corrected chi connectivity index (χ2v) is 5.60. The van der Waals surface area contributed by atoms with Crippen LogP contribution >= 0.6 is 11.6 Å². The van der Waals surface area contributed by atoms with Gasteiger partial charge in [-0.2, -0.15) is 0 Å². The molecule has 2 rings (SSSR count). The second kappa shape index (κ2) is 7.23. The number of carbonyl (C=O) groups excluding carboxylic acids is 1. The fourth-order valence-corrected chi connectivity index (χ4v) is 2.24. The Morgan fingerprint density at radius 2 is 1.83 bits per heavy atom. The number of nitrogens with one attached hydrogen (secondary N) is 1. The second-order valence-electron chi connectivity index (χ2n) is 5.22. The zero-order valence-electron chi connectivity index (χ0n) is 13.1. The lowest BCUT2D eigenvalue weighted by Crippen LogP contribution is -2.21. The Balaban J connectivity index is 2.06. The molecule has 0 aromatic heterocycles. The molecule has 0 bridgehead atoms. The Morgan fingerprint density at radius 3 is 2.42 bits per heavy atom. The quantitative estimate of drug-likeness (QED) is 0.865. The number of rotatable bonds is 5. The van der Waals surface area contributed by atoms with Crippen LogP contribution in [0.5, 0.6) is 11.5 Å². The minimum absolute atomic E-state index is 0.0409. The van der Waals surface area contributed by atoms with E-state index in [0.717, 1.165) is 17.2 Å². The van der Waals surface area contributed by atoms with Crippen molar-refractivity contribution in [3.05, 3.63) is 52.0 Å². The summed E-state index contributed by atoms with van der Waals surface area (Å²) in [5.41, 5.74) is 1.42. The first-order valence-corrected chi connectivity index (χ1v) is 7.39. The number of ether oxygens (including phenoxy) is 1. The maximum absolute atomic E-state index is 11.9. The van der Waals surface area contributed by atoms with Gasteiger partial charge in [0.15, 0.2) is 6.61 Å². The summed E-state index contributed by atoms with van der Waals surface area (Å²) in [7, 11) is 0. The first-order valence-electron chi connectivity index (χ1n) is 7.01. The minimum atomic E-state index is -1.30. The smallest absolute Gasteiger partial charge is 0.337 e. The number of aromatic carboxylic acids is 1. The lowest BCUT2D eigenvalue weighted by atomic mass is 10.1. The lowest BCUT2D eigenvalue weighted by Gasteiger charge is -2.13. The first-order chi connectivity index (χ1) is 11.3. The van der Waals surface area contributed by atoms with Gasteiger partial charge < -0.3 is 20.3 Å². The van der Waals surface area contributed by atoms with E-state index in [1.54, 1.807) is 12.1 Å². The molecule has 0 saturated heterocycles. The summed E-state index contributed by atoms with van der Waals surface area (Å²) in [6.07, 6.45) is 0. The largest absolute Gasteiger partial charge is 0.872 e. The molecule has 0 atom stereocenters. The van der Waals surface area contributed by atoms with E-state index in [0.29, 0.717) is 10.8 Å². The van der Waals surface area contributed by atoms with Crippen LogP contribution in [-0.2, 0) is 4.79 Å². The molecule has 126 valence electrons. The van der Waals surface area contributed by atoms with Crippen LogP contribution in [0.1, 0.15) is 21.5 Å². The van der Waals surface area contributed by atoms with Crippen LogP contribution in [0.25, 0.3) is 0 Å². The predicted molar refractivity (Wildman–Crippen MR) is 87.9 cm³/mol. The Morgan fingerprint density at radius 1 is 1.21 bits per heavy atom. The van der Waals surface area contributed by atoms with Gasteiger partial charge in [-0.15, -0.1) is 5.75 Å². The number of anilines is 1. The highest BCUT2D eigenvalue weighted by molar-refractivity contribution is 6.32. The standard InChI is InChI=1S/C17H16ClNO5/c1-9-5-12(6-10(2)16(9)18)24-8-15(21)19-14-4-3-11(20)7-13(14)17(22)23/h3-7,20H,8H2,1-2H3,(H,19,21)(H,22,23)/p-1. The summed E-state index contributed by atoms with van der Waals surface area (Å²) >= 11 is 6.06. The van der Waals surface area contributed by atoms with Gasteiger partial charge in [0, 0.05) is 5.02 Å². The number of aryl methyl sites for hydroxylation is 2. The highest BCUT2D eigenvalue weighted by atomic mass is 35.5. The molecule has 2 aromatic carbocycles. The van der Waals surface area contributed by atoms with Gasteiger partial charge in [0.1, 0.15) is 5.75 Å². The molecule has 2 aromatic rings. The number of carboxylic acid groups (broad SMARTS) is 1. The number of amides is 1. The Hall–Kier alpha value is -2.73. The van der Waals surface area contributed by atoms with E-state index in [1.807, 2.05) is 13.8 Å². The molecule has 0 saturated carbocycles. The Labute approximate surface area is 143 Å². The van der Waals surface area contributed by atoms with Crippen molar-refractivity contribution < 1.29 is 24.5 Å². The number of carboxylic acids is 1. The Bertz CT molecular complexity index is 781. The third-order valence-corrected chi connectivity index (χ3v) is 3.87. The van der Waals surface area contributed by atoms with E-state index in [-0.39, 0.29) is 17.9 Å². The molecule has 0 fully saturated rings. The summed E-state index contributed by atoms with van der Waals surface area (Å²) < 4.78 is 5.40. The molecule has 6 nitrogen and oxygen atoms in total. The van der Waals surface area contributed by atoms with E-state index < -0.39 is 17.6 Å². The average Bonchev–Trinajstić information content (AvgIpc) is 2.52. The van der Waals surface area contributed by atoms with Crippen molar-refractivity contribution in [3.8, 4) is 11.5 Å². The number of halogens is 1. The molecule has 0 aliphatic rings. The molecule has 0 spiro atoms. The van der Waals surface area contributed by atoms with Crippen LogP contribution in [0.15, 0.2) is 30.3 Å². The summed E-state index contributed by atoms with van der Waals surface area (Å²) in [5, 5.41) is 23.3. The highest BCUT2D eigenvalue weighted by Gasteiger charge is 2.13. The highest BCUT2D eigenvalue weighted by Crippen LogP contribution is 2.26. The van der Waals surface area contributed by atoms with Crippen LogP contribution in [-0.4, -0.2) is 23.6 Å². The maximum Gasteiger partial charge on any atom is 0.337 e. The van der Waals surface area contributed by atoms with E-state index >= 15 is 0 Å². The summed E-state index contributed by atoms with van der Waals surface area (Å²) in [6, 6.07) is 6.79. The van der Waals surface area contributed by atoms with Crippen LogP contribution in [0.4, 0.5) is 5.69 Å². The van der Waals surface area contributed by atoms with E-state index in [2.05, 4.69) is 5.32 Å². The van der Waals surface area contributed by atoms with Crippen LogP contribution in [0.2, 0.25) is 5.02 Å². The van der Waals surface area contributed by atoms with Crippen molar-refractivity contribution >= 4 is 29.2 Å². The lowest BCUT2D eigenvalue weighted by molar-refractivity contribution is -0.268. The third kappa shape index (κ3) is 4.17. The number of carbonyl (C=O) groups is 2. The van der Waals surface area contributed by atoms with Gasteiger partial charge in [-0.25, -0.2) is 4.79 Å². The van der Waals surface area contributed by atoms with Gasteiger partial charge in [0.2, 0.25) is 0 Å². The van der Waals surface area contributed by atoms with E-state index in [9.17, 15) is 14.7 Å². The van der Waals surface area contributed by atoms with Gasteiger partial charge >= 0.3 is 5.97 Å². The molecule has 0 aliphatic carbocycles. The fraction of sp³-hybridized carbons (Fsp3) is 0.176. The molecular formula is C17H15ClNO5-. The average molecular weight is 349 g/mol. The van der Waals surface area contributed by atoms with Gasteiger partial charge in [-0.05, 0) is 43.2 Å². The van der Waals surface area contributed by atoms with Crippen LogP contribution in [0.3, 0.4) is 0 Å². The number of hydrogen-bond acceptors (Lipinski definition) is 4. The monoisotopic (exact) mass is 348 g/mol. The predicted octanol–water partition coefficient (Wildman–Crippen LogP) is 2.75. The molecule has 7 heteroatoms. The van der Waals surface area contributed by atoms with Crippen molar-refractivity contribution in [2.75, 3.05) is 11.9 Å². The van der Waals surface area contributed by atoms with Crippen LogP contribution in [0, 0.1) is 13.8 Å². The van der Waals surface area contributed by atoms with Crippen LogP contribution < -0.4 is 15.2 Å². The molecule has 1 amide bonds. The van der Waals surface area contributed by atoms with Crippen molar-refractivity contribution in [2.45, 2.75) is 13.8 Å². The molecule has 0 heterocycles. The molecule has 2 N–H and O–H groups in total. The number of hydrogen-bond donors (Lipinski definition) is 2. The topological polar surface area (TPSA) is 98.7 Å². The molecule has 0 radical (unpaired) electrons. The zero-order valence-corrected chi connectivity index (χ0v) is 13.8. The summed E-state index contributed by atoms with van der Waals surface area (Å²) in [6.45, 7) is 3.34. The summed E-state index contributed by atoms with van der Waals surface area (Å²) in [4.78, 5) is 23.1. The SMILES string of the molecule is Cc1cc(OCC(=O)Nc2ccc([O-])cc2C(=O)O)cc(C)c1Cl. The van der Waals surface area contributed by atoms with Gasteiger partial charge in [-0.1, -0.05) is 23.7 Å². The molecule has 0 unspecified atom stereocenters. The Kier molecular flexibility index (Phi) is 5.31. The van der Waals surface area contributed by atoms with Gasteiger partial charge in [0.25, 0.3) is 5.91 Å². The summed E-state index contributed by atoms with van der Waals surface area (Å²) in [5.74, 6) is -1.80. The molecular weight excluding hydrogens is 334 g/mol. The van der Waals surface area contributed by atoms with Crippen molar-refractivity contribution in [1.29, 1.82) is 0 Å². The molecule has 0 aliphatic heterocycles. The van der Waals surface area contributed by atoms with Gasteiger partial charge in [-0.3, -0.25) is 4.79 Å². The van der Waals surface area contributed by atoms with E-state index in [4.69, 9.17) is 21.4 Å². The zero-order chi connectivity index (χ0) is 17.9. The first kappa shape index (κ1) is 17.6. The normalized spacial score (nSPS) is 10.3. The fourth-order valence-electron chi connectivity index (χ4n) is 2.13. The van der Waals surface area contributed by atoms with Crippen molar-refractivity contribution in [1.82, 2.24) is 0 Å². The van der Waals surface area contributed by atoms with Crippen molar-refractivity contribution in [3.63, 3.8) is 0 Å². The number of benzene rings is 2. The van der Waals surface area contributed by atoms with E-state index in [1.165, 1.54) is 12.1 Å². The molecule has 24 heavy (non-hydrogen) atoms. The third-order valence-electron chi connectivity index (χ3n) is 3.28.